The maximum absolute atomic E-state index is 13.3. The third kappa shape index (κ3) is 9.30. The molecule has 0 saturated heterocycles. The van der Waals surface area contributed by atoms with Gasteiger partial charge in [-0.25, -0.2) is 4.98 Å². The standard InChI is InChI=1S/C35H43NO8/c1-8-26(21-25-14-16-27(40-6)17-15-25)32(43-28-12-10-9-11-13-28)24(5)42-35(39)23(4)20-29(37)31-33(44-34(38)22(2)3)30(41-7)18-19-36-31/h9-19,22-24,26,32H,8,20-21H2,1-7H3/t23-,24+,26-,32+/m1/s1. The van der Waals surface area contributed by atoms with Crippen molar-refractivity contribution < 1.29 is 38.1 Å². The van der Waals surface area contributed by atoms with Crippen LogP contribution in [0.15, 0.2) is 66.9 Å². The molecule has 0 unspecified atom stereocenters. The number of Topliss-reactive ketones (excluding diaryl/α,β-unsaturated/α-hetero) is 1. The fourth-order valence-corrected chi connectivity index (χ4v) is 4.72. The Labute approximate surface area is 259 Å². The minimum atomic E-state index is -0.800. The number of benzene rings is 2. The van der Waals surface area contributed by atoms with Crippen LogP contribution in [0.1, 0.15) is 63.5 Å². The number of hydrogen-bond donors (Lipinski definition) is 0. The lowest BCUT2D eigenvalue weighted by Crippen LogP contribution is -2.41. The number of pyridine rings is 1. The minimum absolute atomic E-state index is 0.0162. The molecular weight excluding hydrogens is 562 g/mol. The van der Waals surface area contributed by atoms with Gasteiger partial charge in [0, 0.05) is 24.6 Å². The van der Waals surface area contributed by atoms with Crippen molar-refractivity contribution in [2.45, 2.75) is 66.1 Å². The fourth-order valence-electron chi connectivity index (χ4n) is 4.72. The van der Waals surface area contributed by atoms with E-state index < -0.39 is 41.8 Å². The largest absolute Gasteiger partial charge is 0.497 e. The van der Waals surface area contributed by atoms with E-state index in [1.54, 1.807) is 27.9 Å². The van der Waals surface area contributed by atoms with E-state index in [0.717, 1.165) is 17.7 Å². The lowest BCUT2D eigenvalue weighted by Gasteiger charge is -2.32. The minimum Gasteiger partial charge on any atom is -0.497 e. The summed E-state index contributed by atoms with van der Waals surface area (Å²) in [4.78, 5) is 43.1. The van der Waals surface area contributed by atoms with Crippen LogP contribution in [0.25, 0.3) is 0 Å². The van der Waals surface area contributed by atoms with Gasteiger partial charge < -0.3 is 23.7 Å². The van der Waals surface area contributed by atoms with Gasteiger partial charge in [0.05, 0.1) is 26.1 Å². The Morgan fingerprint density at radius 2 is 1.50 bits per heavy atom. The van der Waals surface area contributed by atoms with Crippen molar-refractivity contribution >= 4 is 17.7 Å². The van der Waals surface area contributed by atoms with E-state index in [-0.39, 0.29) is 29.5 Å². The van der Waals surface area contributed by atoms with Gasteiger partial charge in [-0.2, -0.15) is 0 Å². The molecule has 0 aliphatic carbocycles. The highest BCUT2D eigenvalue weighted by Gasteiger charge is 2.33. The number of rotatable bonds is 16. The first-order valence-electron chi connectivity index (χ1n) is 14.9. The normalized spacial score (nSPS) is 13.7. The molecule has 9 heteroatoms. The van der Waals surface area contributed by atoms with Gasteiger partial charge in [0.1, 0.15) is 23.7 Å². The summed E-state index contributed by atoms with van der Waals surface area (Å²) in [7, 11) is 3.04. The first kappa shape index (κ1) is 34.1. The predicted octanol–water partition coefficient (Wildman–Crippen LogP) is 6.52. The van der Waals surface area contributed by atoms with Gasteiger partial charge in [-0.15, -0.1) is 0 Å². The van der Waals surface area contributed by atoms with Crippen LogP contribution in [0.3, 0.4) is 0 Å². The molecule has 1 heterocycles. The van der Waals surface area contributed by atoms with Crippen LogP contribution in [-0.4, -0.2) is 49.1 Å². The number of aromatic nitrogens is 1. The number of para-hydroxylation sites is 1. The maximum atomic E-state index is 13.3. The average molecular weight is 606 g/mol. The number of carbonyl (C=O) groups excluding carboxylic acids is 3. The molecule has 1 aromatic heterocycles. The van der Waals surface area contributed by atoms with E-state index in [1.165, 1.54) is 19.4 Å². The summed E-state index contributed by atoms with van der Waals surface area (Å²) in [6, 6.07) is 18.8. The van der Waals surface area contributed by atoms with Gasteiger partial charge in [-0.05, 0) is 49.6 Å². The molecule has 0 N–H and O–H groups in total. The van der Waals surface area contributed by atoms with Crippen LogP contribution >= 0.6 is 0 Å². The number of nitrogens with zero attached hydrogens (tertiary/aromatic N) is 1. The summed E-state index contributed by atoms with van der Waals surface area (Å²) in [6.07, 6.45) is 1.58. The van der Waals surface area contributed by atoms with E-state index in [9.17, 15) is 14.4 Å². The molecular formula is C35H43NO8. The van der Waals surface area contributed by atoms with Crippen LogP contribution in [0.2, 0.25) is 0 Å². The van der Waals surface area contributed by atoms with Crippen molar-refractivity contribution in [3.63, 3.8) is 0 Å². The van der Waals surface area contributed by atoms with Crippen LogP contribution in [0.5, 0.6) is 23.0 Å². The van der Waals surface area contributed by atoms with E-state index in [1.807, 2.05) is 61.5 Å². The summed E-state index contributed by atoms with van der Waals surface area (Å²) in [5.74, 6) is -1.18. The Hall–Kier alpha value is -4.40. The van der Waals surface area contributed by atoms with Gasteiger partial charge in [0.25, 0.3) is 0 Å². The van der Waals surface area contributed by atoms with E-state index in [0.29, 0.717) is 12.2 Å². The van der Waals surface area contributed by atoms with Gasteiger partial charge in [0.15, 0.2) is 17.2 Å². The second-order valence-electron chi connectivity index (χ2n) is 11.1. The topological polar surface area (TPSA) is 110 Å². The third-order valence-corrected chi connectivity index (χ3v) is 7.35. The van der Waals surface area contributed by atoms with E-state index >= 15 is 0 Å². The molecule has 0 fully saturated rings. The zero-order valence-corrected chi connectivity index (χ0v) is 26.6. The Balaban J connectivity index is 1.77. The third-order valence-electron chi connectivity index (χ3n) is 7.35. The van der Waals surface area contributed by atoms with Crippen molar-refractivity contribution in [3.05, 3.63) is 78.1 Å². The van der Waals surface area contributed by atoms with Crippen LogP contribution in [-0.2, 0) is 20.7 Å². The SMILES string of the molecule is CC[C@H](Cc1ccc(OC)cc1)[C@@H](Oc1ccccc1)[C@H](C)OC(=O)[C@H](C)CC(=O)c1nccc(OC)c1OC(=O)C(C)C. The zero-order valence-electron chi connectivity index (χ0n) is 26.6. The van der Waals surface area contributed by atoms with Gasteiger partial charge in [0.2, 0.25) is 5.75 Å². The number of carbonyl (C=O) groups is 3. The molecule has 0 radical (unpaired) electrons. The Morgan fingerprint density at radius 3 is 2.09 bits per heavy atom. The van der Waals surface area contributed by atoms with Crippen molar-refractivity contribution in [1.29, 1.82) is 0 Å². The highest BCUT2D eigenvalue weighted by atomic mass is 16.6. The molecule has 9 nitrogen and oxygen atoms in total. The highest BCUT2D eigenvalue weighted by molar-refractivity contribution is 6.00. The zero-order chi connectivity index (χ0) is 32.2. The van der Waals surface area contributed by atoms with Crippen molar-refractivity contribution in [1.82, 2.24) is 4.98 Å². The van der Waals surface area contributed by atoms with Crippen molar-refractivity contribution in [2.75, 3.05) is 14.2 Å². The molecule has 44 heavy (non-hydrogen) atoms. The summed E-state index contributed by atoms with van der Waals surface area (Å²) in [5, 5.41) is 0. The molecule has 4 atom stereocenters. The summed E-state index contributed by atoms with van der Waals surface area (Å²) < 4.78 is 28.4. The maximum Gasteiger partial charge on any atom is 0.313 e. The summed E-state index contributed by atoms with van der Waals surface area (Å²) in [5.41, 5.74) is 1.03. The lowest BCUT2D eigenvalue weighted by atomic mass is 9.88. The number of esters is 2. The highest BCUT2D eigenvalue weighted by Crippen LogP contribution is 2.32. The molecule has 0 aliphatic rings. The number of ether oxygens (including phenoxy) is 5. The molecule has 3 aromatic rings. The van der Waals surface area contributed by atoms with Crippen LogP contribution in [0.4, 0.5) is 0 Å². The molecule has 0 amide bonds. The second-order valence-corrected chi connectivity index (χ2v) is 11.1. The van der Waals surface area contributed by atoms with Crippen molar-refractivity contribution in [3.8, 4) is 23.0 Å². The Morgan fingerprint density at radius 1 is 0.818 bits per heavy atom. The Kier molecular flexibility index (Phi) is 12.7. The van der Waals surface area contributed by atoms with Crippen LogP contribution < -0.4 is 18.9 Å². The smallest absolute Gasteiger partial charge is 0.313 e. The second kappa shape index (κ2) is 16.4. The van der Waals surface area contributed by atoms with Gasteiger partial charge in [-0.3, -0.25) is 14.4 Å². The molecule has 0 spiro atoms. The van der Waals surface area contributed by atoms with E-state index in [4.69, 9.17) is 23.7 Å². The Bertz CT molecular complexity index is 1370. The lowest BCUT2D eigenvalue weighted by molar-refractivity contribution is -0.158. The molecule has 236 valence electrons. The monoisotopic (exact) mass is 605 g/mol. The first-order valence-corrected chi connectivity index (χ1v) is 14.9. The molecule has 0 saturated carbocycles. The quantitative estimate of drug-likeness (QED) is 0.133. The summed E-state index contributed by atoms with van der Waals surface area (Å²) in [6.45, 7) is 8.87. The number of hydrogen-bond acceptors (Lipinski definition) is 9. The summed E-state index contributed by atoms with van der Waals surface area (Å²) >= 11 is 0. The molecule has 0 bridgehead atoms. The van der Waals surface area contributed by atoms with Gasteiger partial charge >= 0.3 is 11.9 Å². The van der Waals surface area contributed by atoms with Crippen molar-refractivity contribution in [2.24, 2.45) is 17.8 Å². The molecule has 2 aromatic carbocycles. The van der Waals surface area contributed by atoms with E-state index in [2.05, 4.69) is 11.9 Å². The van der Waals surface area contributed by atoms with Gasteiger partial charge in [-0.1, -0.05) is 58.0 Å². The number of methoxy groups -OCH3 is 2. The molecule has 0 aliphatic heterocycles. The number of ketones is 1. The first-order chi connectivity index (χ1) is 21.1. The average Bonchev–Trinajstić information content (AvgIpc) is 3.03. The predicted molar refractivity (Wildman–Crippen MR) is 166 cm³/mol. The molecule has 3 rings (SSSR count). The fraction of sp³-hybridized carbons (Fsp3) is 0.429. The van der Waals surface area contributed by atoms with Crippen LogP contribution in [0, 0.1) is 17.8 Å².